The number of ether oxygens (including phenoxy) is 2. The number of rotatable bonds is 9. The van der Waals surface area contributed by atoms with Gasteiger partial charge < -0.3 is 9.47 Å². The van der Waals surface area contributed by atoms with Crippen molar-refractivity contribution in [2.75, 3.05) is 13.2 Å². The SMILES string of the molecule is C=CC[C@@H](NNC(=O)c1ccc(OCC)cc1)C(=O)OCC. The van der Waals surface area contributed by atoms with Crippen LogP contribution in [0.5, 0.6) is 5.75 Å². The van der Waals surface area contributed by atoms with Crippen molar-refractivity contribution in [2.24, 2.45) is 0 Å². The maximum Gasteiger partial charge on any atom is 0.325 e. The number of hydrazine groups is 1. The first-order valence-corrected chi connectivity index (χ1v) is 7.18. The second kappa shape index (κ2) is 9.57. The van der Waals surface area contributed by atoms with Crippen LogP contribution in [0.3, 0.4) is 0 Å². The van der Waals surface area contributed by atoms with Gasteiger partial charge in [0.2, 0.25) is 0 Å². The van der Waals surface area contributed by atoms with Crippen LogP contribution in [0.15, 0.2) is 36.9 Å². The first kappa shape index (κ1) is 17.7. The lowest BCUT2D eigenvalue weighted by molar-refractivity contribution is -0.145. The van der Waals surface area contributed by atoms with E-state index in [4.69, 9.17) is 9.47 Å². The van der Waals surface area contributed by atoms with E-state index < -0.39 is 12.0 Å². The van der Waals surface area contributed by atoms with Crippen LogP contribution in [-0.2, 0) is 9.53 Å². The summed E-state index contributed by atoms with van der Waals surface area (Å²) >= 11 is 0. The van der Waals surface area contributed by atoms with Gasteiger partial charge >= 0.3 is 5.97 Å². The number of carbonyl (C=O) groups excluding carboxylic acids is 2. The highest BCUT2D eigenvalue weighted by Crippen LogP contribution is 2.11. The molecule has 6 nitrogen and oxygen atoms in total. The van der Waals surface area contributed by atoms with Crippen molar-refractivity contribution in [1.82, 2.24) is 10.9 Å². The molecule has 0 radical (unpaired) electrons. The molecule has 0 saturated heterocycles. The van der Waals surface area contributed by atoms with E-state index in [-0.39, 0.29) is 12.5 Å². The van der Waals surface area contributed by atoms with Crippen LogP contribution < -0.4 is 15.6 Å². The number of hydrogen-bond acceptors (Lipinski definition) is 5. The van der Waals surface area contributed by atoms with Crippen molar-refractivity contribution in [3.63, 3.8) is 0 Å². The fourth-order valence-electron chi connectivity index (χ4n) is 1.72. The summed E-state index contributed by atoms with van der Waals surface area (Å²) in [6.45, 7) is 8.04. The molecule has 0 aliphatic rings. The molecule has 0 fully saturated rings. The number of hydrogen-bond donors (Lipinski definition) is 2. The first-order chi connectivity index (χ1) is 10.6. The van der Waals surface area contributed by atoms with Crippen LogP contribution in [0.4, 0.5) is 0 Å². The van der Waals surface area contributed by atoms with Crippen molar-refractivity contribution in [3.8, 4) is 5.75 Å². The van der Waals surface area contributed by atoms with Crippen LogP contribution >= 0.6 is 0 Å². The van der Waals surface area contributed by atoms with E-state index in [2.05, 4.69) is 17.4 Å². The monoisotopic (exact) mass is 306 g/mol. The van der Waals surface area contributed by atoms with Crippen molar-refractivity contribution in [3.05, 3.63) is 42.5 Å². The molecule has 0 heterocycles. The highest BCUT2D eigenvalue weighted by Gasteiger charge is 2.18. The maximum absolute atomic E-state index is 12.0. The van der Waals surface area contributed by atoms with Gasteiger partial charge in [0, 0.05) is 5.56 Å². The van der Waals surface area contributed by atoms with Gasteiger partial charge in [0.05, 0.1) is 13.2 Å². The van der Waals surface area contributed by atoms with Crippen molar-refractivity contribution >= 4 is 11.9 Å². The molecule has 0 saturated carbocycles. The topological polar surface area (TPSA) is 76.7 Å². The Kier molecular flexibility index (Phi) is 7.70. The molecule has 120 valence electrons. The summed E-state index contributed by atoms with van der Waals surface area (Å²) in [6, 6.07) is 6.06. The molecular weight excluding hydrogens is 284 g/mol. The second-order valence-electron chi connectivity index (χ2n) is 4.38. The van der Waals surface area contributed by atoms with E-state index in [1.54, 1.807) is 37.3 Å². The predicted octanol–water partition coefficient (Wildman–Crippen LogP) is 1.83. The van der Waals surface area contributed by atoms with Crippen LogP contribution in [-0.4, -0.2) is 31.1 Å². The number of nitrogens with one attached hydrogen (secondary N) is 2. The lowest BCUT2D eigenvalue weighted by Crippen LogP contribution is -2.48. The summed E-state index contributed by atoms with van der Waals surface area (Å²) in [7, 11) is 0. The molecule has 1 aromatic rings. The Hall–Kier alpha value is -2.34. The Morgan fingerprint density at radius 1 is 1.23 bits per heavy atom. The van der Waals surface area contributed by atoms with Crippen LogP contribution in [0.1, 0.15) is 30.6 Å². The average molecular weight is 306 g/mol. The molecule has 0 unspecified atom stereocenters. The lowest BCUT2D eigenvalue weighted by Gasteiger charge is -2.16. The summed E-state index contributed by atoms with van der Waals surface area (Å²) in [6.07, 6.45) is 1.93. The molecule has 0 aliphatic carbocycles. The number of amides is 1. The second-order valence-corrected chi connectivity index (χ2v) is 4.38. The Morgan fingerprint density at radius 2 is 1.91 bits per heavy atom. The Balaban J connectivity index is 2.58. The van der Waals surface area contributed by atoms with E-state index in [1.165, 1.54) is 0 Å². The molecule has 0 aliphatic heterocycles. The summed E-state index contributed by atoms with van der Waals surface area (Å²) < 4.78 is 10.2. The quantitative estimate of drug-likeness (QED) is 0.413. The minimum atomic E-state index is -0.663. The van der Waals surface area contributed by atoms with Gasteiger partial charge in [0.25, 0.3) is 5.91 Å². The molecule has 6 heteroatoms. The van der Waals surface area contributed by atoms with Gasteiger partial charge in [-0.3, -0.25) is 15.0 Å². The summed E-state index contributed by atoms with van der Waals surface area (Å²) in [5, 5.41) is 0. The third kappa shape index (κ3) is 5.57. The summed E-state index contributed by atoms with van der Waals surface area (Å²) in [5.41, 5.74) is 5.62. The predicted molar refractivity (Wildman–Crippen MR) is 83.4 cm³/mol. The molecule has 0 bridgehead atoms. The fraction of sp³-hybridized carbons (Fsp3) is 0.375. The van der Waals surface area contributed by atoms with Crippen molar-refractivity contribution < 1.29 is 19.1 Å². The zero-order chi connectivity index (χ0) is 16.4. The molecule has 1 aromatic carbocycles. The Bertz CT molecular complexity index is 499. The lowest BCUT2D eigenvalue weighted by atomic mass is 10.2. The highest BCUT2D eigenvalue weighted by atomic mass is 16.5. The minimum Gasteiger partial charge on any atom is -0.494 e. The highest BCUT2D eigenvalue weighted by molar-refractivity contribution is 5.94. The Labute approximate surface area is 130 Å². The molecule has 1 rings (SSSR count). The number of benzene rings is 1. The van der Waals surface area contributed by atoms with Gasteiger partial charge in [0.15, 0.2) is 0 Å². The van der Waals surface area contributed by atoms with Crippen molar-refractivity contribution in [2.45, 2.75) is 26.3 Å². The fourth-order valence-corrected chi connectivity index (χ4v) is 1.72. The molecule has 22 heavy (non-hydrogen) atoms. The normalized spacial score (nSPS) is 11.4. The van der Waals surface area contributed by atoms with Gasteiger partial charge in [-0.15, -0.1) is 6.58 Å². The van der Waals surface area contributed by atoms with E-state index in [0.717, 1.165) is 0 Å². The van der Waals surface area contributed by atoms with Gasteiger partial charge in [0.1, 0.15) is 11.8 Å². The van der Waals surface area contributed by atoms with E-state index in [1.807, 2.05) is 6.92 Å². The first-order valence-electron chi connectivity index (χ1n) is 7.18. The molecular formula is C16H22N2O4. The van der Waals surface area contributed by atoms with Gasteiger partial charge in [-0.1, -0.05) is 6.08 Å². The average Bonchev–Trinajstić information content (AvgIpc) is 2.52. The van der Waals surface area contributed by atoms with Crippen LogP contribution in [0, 0.1) is 0 Å². The number of carbonyl (C=O) groups is 2. The summed E-state index contributed by atoms with van der Waals surface area (Å²) in [4.78, 5) is 23.7. The van der Waals surface area contributed by atoms with E-state index >= 15 is 0 Å². The molecule has 0 aromatic heterocycles. The third-order valence-electron chi connectivity index (χ3n) is 2.76. The molecule has 0 spiro atoms. The van der Waals surface area contributed by atoms with E-state index in [0.29, 0.717) is 24.3 Å². The zero-order valence-corrected chi connectivity index (χ0v) is 12.9. The van der Waals surface area contributed by atoms with Gasteiger partial charge in [-0.25, -0.2) is 5.43 Å². The molecule has 1 atom stereocenters. The smallest absolute Gasteiger partial charge is 0.325 e. The van der Waals surface area contributed by atoms with Gasteiger partial charge in [-0.05, 0) is 44.5 Å². The van der Waals surface area contributed by atoms with Gasteiger partial charge in [-0.2, -0.15) is 0 Å². The largest absolute Gasteiger partial charge is 0.494 e. The van der Waals surface area contributed by atoms with Crippen molar-refractivity contribution in [1.29, 1.82) is 0 Å². The third-order valence-corrected chi connectivity index (χ3v) is 2.76. The summed E-state index contributed by atoms with van der Waals surface area (Å²) in [5.74, 6) is -0.0844. The van der Waals surface area contributed by atoms with Crippen LogP contribution in [0.2, 0.25) is 0 Å². The molecule has 2 N–H and O–H groups in total. The number of esters is 1. The molecule has 1 amide bonds. The van der Waals surface area contributed by atoms with Crippen LogP contribution in [0.25, 0.3) is 0 Å². The van der Waals surface area contributed by atoms with E-state index in [9.17, 15) is 9.59 Å². The zero-order valence-electron chi connectivity index (χ0n) is 12.9. The minimum absolute atomic E-state index is 0.279. The Morgan fingerprint density at radius 3 is 2.45 bits per heavy atom. The maximum atomic E-state index is 12.0. The standard InChI is InChI=1S/C16H22N2O4/c1-4-7-14(16(20)22-6-3)17-18-15(19)12-8-10-13(11-9-12)21-5-2/h4,8-11,14,17H,1,5-7H2,2-3H3,(H,18,19)/t14-/m1/s1.